The molecule has 3 atom stereocenters. The highest BCUT2D eigenvalue weighted by molar-refractivity contribution is 7.99. The fourth-order valence-corrected chi connectivity index (χ4v) is 7.10. The number of amides is 1. The third kappa shape index (κ3) is 4.99. The maximum absolute atomic E-state index is 15.1. The largest absolute Gasteiger partial charge is 0.417 e. The number of benzene rings is 2. The highest BCUT2D eigenvalue weighted by atomic mass is 32.2. The molecule has 41 heavy (non-hydrogen) atoms. The Labute approximate surface area is 240 Å². The summed E-state index contributed by atoms with van der Waals surface area (Å²) < 4.78 is 102. The Morgan fingerprint density at radius 2 is 1.98 bits per heavy atom. The number of thioether (sulfide) groups is 1. The topological polar surface area (TPSA) is 67.7 Å². The van der Waals surface area contributed by atoms with Crippen LogP contribution in [-0.4, -0.2) is 65.0 Å². The molecular weight excluding hydrogens is 567 g/mol. The van der Waals surface area contributed by atoms with Gasteiger partial charge < -0.3 is 14.5 Å². The molecule has 1 saturated heterocycles. The summed E-state index contributed by atoms with van der Waals surface area (Å²) in [7, 11) is 1.42. The third-order valence-corrected chi connectivity index (χ3v) is 8.59. The van der Waals surface area contributed by atoms with Crippen molar-refractivity contribution in [2.75, 3.05) is 37.5 Å². The van der Waals surface area contributed by atoms with Gasteiger partial charge in [-0.05, 0) is 38.1 Å². The molecule has 0 bridgehead atoms. The number of nitrogens with zero attached hydrogens (tertiary/aromatic N) is 4. The summed E-state index contributed by atoms with van der Waals surface area (Å²) in [5, 5.41) is -0.0219. The van der Waals surface area contributed by atoms with Crippen LogP contribution in [0.25, 0.3) is 22.0 Å². The zero-order chi connectivity index (χ0) is 32.2. The van der Waals surface area contributed by atoms with Crippen LogP contribution >= 0.6 is 11.8 Å². The summed E-state index contributed by atoms with van der Waals surface area (Å²) in [6.45, 7) is 2.40. The van der Waals surface area contributed by atoms with Gasteiger partial charge in [-0.15, -0.1) is 11.8 Å². The quantitative estimate of drug-likeness (QED) is 0.295. The normalized spacial score (nSPS) is 21.9. The van der Waals surface area contributed by atoms with Gasteiger partial charge in [-0.2, -0.15) is 18.2 Å². The van der Waals surface area contributed by atoms with Crippen molar-refractivity contribution in [3.63, 3.8) is 0 Å². The van der Waals surface area contributed by atoms with Gasteiger partial charge in [0.15, 0.2) is 0 Å². The zero-order valence-corrected chi connectivity index (χ0v) is 23.0. The molecule has 2 aliphatic rings. The van der Waals surface area contributed by atoms with Gasteiger partial charge >= 0.3 is 11.9 Å². The van der Waals surface area contributed by atoms with E-state index in [4.69, 9.17) is 8.85 Å². The van der Waals surface area contributed by atoms with E-state index in [0.29, 0.717) is 6.07 Å². The minimum absolute atomic E-state index is 0.00856. The summed E-state index contributed by atoms with van der Waals surface area (Å²) in [6, 6.07) is 0.469. The number of carbonyl (C=O) groups is 1. The number of halogens is 5. The van der Waals surface area contributed by atoms with Crippen molar-refractivity contribution in [2.45, 2.75) is 43.0 Å². The zero-order valence-electron chi connectivity index (χ0n) is 25.2. The van der Waals surface area contributed by atoms with E-state index in [1.165, 1.54) is 16.6 Å². The molecule has 1 fully saturated rings. The number of hydrogen-bond donors (Lipinski definition) is 0. The Balaban J connectivity index is 1.78. The van der Waals surface area contributed by atoms with Crippen molar-refractivity contribution in [1.82, 2.24) is 14.5 Å². The molecule has 7 nitrogen and oxygen atoms in total. The first-order valence-corrected chi connectivity index (χ1v) is 13.6. The summed E-state index contributed by atoms with van der Waals surface area (Å²) >= 11 is 1.01. The van der Waals surface area contributed by atoms with Crippen LogP contribution in [0.1, 0.15) is 29.6 Å². The second-order valence-electron chi connectivity index (χ2n) is 10.1. The molecule has 0 unspecified atom stereocenters. The van der Waals surface area contributed by atoms with Crippen LogP contribution in [0.5, 0.6) is 0 Å². The van der Waals surface area contributed by atoms with Crippen molar-refractivity contribution < 1.29 is 35.6 Å². The molecule has 1 amide bonds. The van der Waals surface area contributed by atoms with Crippen LogP contribution in [0.3, 0.4) is 0 Å². The average molecular weight is 598 g/mol. The molecule has 5 rings (SSSR count). The first kappa shape index (κ1) is 25.3. The number of alkyl halides is 3. The smallest absolute Gasteiger partial charge is 0.383 e. The maximum atomic E-state index is 15.1. The number of rotatable bonds is 5. The van der Waals surface area contributed by atoms with Gasteiger partial charge in [0, 0.05) is 65.5 Å². The van der Waals surface area contributed by atoms with Crippen molar-refractivity contribution in [3.05, 3.63) is 64.5 Å². The molecule has 218 valence electrons. The van der Waals surface area contributed by atoms with Gasteiger partial charge in [-0.1, -0.05) is 6.53 Å². The van der Waals surface area contributed by atoms with E-state index >= 15 is 4.39 Å². The molecular formula is C28H27F5N4O3S. The monoisotopic (exact) mass is 597 g/mol. The molecule has 0 radical (unpaired) electrons. The highest BCUT2D eigenvalue weighted by Gasteiger charge is 2.41. The van der Waals surface area contributed by atoms with E-state index in [0.717, 1.165) is 30.0 Å². The molecule has 0 aliphatic carbocycles. The van der Waals surface area contributed by atoms with E-state index in [2.05, 4.69) is 4.98 Å². The van der Waals surface area contributed by atoms with Crippen LogP contribution in [0.15, 0.2) is 46.5 Å². The predicted octanol–water partition coefficient (Wildman–Crippen LogP) is 5.27. The second kappa shape index (κ2) is 10.8. The van der Waals surface area contributed by atoms with E-state index in [-0.39, 0.29) is 47.1 Å². The Kier molecular flexibility index (Phi) is 6.63. The lowest BCUT2D eigenvalue weighted by Gasteiger charge is -2.45. The van der Waals surface area contributed by atoms with Crippen molar-refractivity contribution >= 4 is 34.4 Å². The minimum atomic E-state index is -4.98. The number of carbonyl (C=O) groups excluding carboxylic acids is 1. The van der Waals surface area contributed by atoms with Crippen LogP contribution in [0, 0.1) is 11.6 Å². The molecule has 0 N–H and O–H groups in total. The third-order valence-electron chi connectivity index (χ3n) is 7.35. The van der Waals surface area contributed by atoms with Crippen molar-refractivity contribution in [3.8, 4) is 11.1 Å². The molecule has 13 heteroatoms. The minimum Gasteiger partial charge on any atom is -0.383 e. The van der Waals surface area contributed by atoms with Crippen LogP contribution in [0.4, 0.5) is 27.8 Å². The lowest BCUT2D eigenvalue weighted by atomic mass is 9.95. The molecule has 0 saturated carbocycles. The van der Waals surface area contributed by atoms with E-state index in [9.17, 15) is 27.2 Å². The SMILES string of the molecule is [2H]C([2H])=C([2H])C(=O)N1[C@H](C)CN(c2nc(=O)n3c4c(c(-c5ccc(F)cc5F)c(C(F)(F)F)cc24)SC[C@@H]3COC)C[C@@H]1C. The molecule has 2 aromatic carbocycles. The summed E-state index contributed by atoms with van der Waals surface area (Å²) in [5.74, 6) is -2.92. The first-order valence-electron chi connectivity index (χ1n) is 14.1. The maximum Gasteiger partial charge on any atom is 0.417 e. The van der Waals surface area contributed by atoms with Crippen molar-refractivity contribution in [1.29, 1.82) is 0 Å². The second-order valence-corrected chi connectivity index (χ2v) is 11.1. The van der Waals surface area contributed by atoms with Gasteiger partial charge in [-0.3, -0.25) is 9.36 Å². The molecule has 3 aromatic rings. The van der Waals surface area contributed by atoms with Crippen LogP contribution < -0.4 is 10.6 Å². The number of methoxy groups -OCH3 is 1. The molecule has 3 heterocycles. The molecule has 2 aliphatic heterocycles. The fraction of sp³-hybridized carbons (Fsp3) is 0.393. The number of anilines is 1. The number of hydrogen-bond acceptors (Lipinski definition) is 6. The van der Waals surface area contributed by atoms with Gasteiger partial charge in [0.05, 0.1) is 27.8 Å². The van der Waals surface area contributed by atoms with Gasteiger partial charge in [0.2, 0.25) is 5.91 Å². The molecule has 1 aromatic heterocycles. The first-order chi connectivity index (χ1) is 20.6. The number of piperazine rings is 1. The van der Waals surface area contributed by atoms with Crippen LogP contribution in [-0.2, 0) is 15.7 Å². The predicted molar refractivity (Wildman–Crippen MR) is 146 cm³/mol. The standard InChI is InChI=1S/C28H27F5N4O3S/c1-5-22(38)36-14(2)10-35(11-15(36)3)26-19-9-20(28(31,32)33)23(18-7-6-16(29)8-21(18)30)25-24(19)37(27(39)34-26)17(12-40-4)13-41-25/h5-9,14-15,17H,1,10-13H2,2-4H3/t14-,15+,17-/m0/s1/i1D2,5D. The summed E-state index contributed by atoms with van der Waals surface area (Å²) in [5.41, 5.74) is -2.82. The van der Waals surface area contributed by atoms with Gasteiger partial charge in [0.1, 0.15) is 17.5 Å². The van der Waals surface area contributed by atoms with E-state index in [1.807, 2.05) is 0 Å². The van der Waals surface area contributed by atoms with Gasteiger partial charge in [0.25, 0.3) is 0 Å². The highest BCUT2D eigenvalue weighted by Crippen LogP contribution is 2.50. The average Bonchev–Trinajstić information content (AvgIpc) is 2.93. The number of ether oxygens (including phenoxy) is 1. The Hall–Kier alpha value is -3.45. The number of aromatic nitrogens is 2. The van der Waals surface area contributed by atoms with Crippen molar-refractivity contribution in [2.24, 2.45) is 0 Å². The Bertz CT molecular complexity index is 1740. The lowest BCUT2D eigenvalue weighted by Crippen LogP contribution is -2.58. The fourth-order valence-electron chi connectivity index (χ4n) is 5.79. The van der Waals surface area contributed by atoms with Crippen LogP contribution in [0.2, 0.25) is 0 Å². The van der Waals surface area contributed by atoms with E-state index < -0.39 is 76.8 Å². The summed E-state index contributed by atoms with van der Waals surface area (Å²) in [4.78, 5) is 33.6. The summed E-state index contributed by atoms with van der Waals surface area (Å²) in [6.07, 6.45) is -4.98. The Morgan fingerprint density at radius 3 is 2.59 bits per heavy atom. The lowest BCUT2D eigenvalue weighted by molar-refractivity contribution is -0.137. The molecule has 0 spiro atoms. The Morgan fingerprint density at radius 1 is 1.27 bits per heavy atom. The van der Waals surface area contributed by atoms with Gasteiger partial charge in [-0.25, -0.2) is 13.6 Å². The van der Waals surface area contributed by atoms with E-state index in [1.54, 1.807) is 18.7 Å².